The Kier molecular flexibility index (Phi) is 4.94. The zero-order valence-electron chi connectivity index (χ0n) is 12.6. The van der Waals surface area contributed by atoms with Crippen LogP contribution in [0.15, 0.2) is 23.6 Å². The van der Waals surface area contributed by atoms with E-state index in [0.717, 1.165) is 24.9 Å². The molecule has 1 aliphatic heterocycles. The first kappa shape index (κ1) is 16.4. The number of nitrogens with zero attached hydrogens (tertiary/aromatic N) is 1. The number of thiazole rings is 1. The Labute approximate surface area is 143 Å². The second-order valence-corrected chi connectivity index (χ2v) is 7.00. The summed E-state index contributed by atoms with van der Waals surface area (Å²) < 4.78 is 13.2. The molecule has 2 aromatic rings. The Hall–Kier alpha value is -1.50. The number of carbonyl (C=O) groups excluding carboxylic acids is 1. The van der Waals surface area contributed by atoms with Crippen LogP contribution in [0.25, 0.3) is 11.3 Å². The molecule has 2 heterocycles. The lowest BCUT2D eigenvalue weighted by atomic mass is 9.92. The van der Waals surface area contributed by atoms with E-state index in [1.807, 2.05) is 5.38 Å². The third-order valence-corrected chi connectivity index (χ3v) is 4.99. The minimum atomic E-state index is -0.459. The number of anilines is 1. The highest BCUT2D eigenvalue weighted by Gasteiger charge is 2.25. The lowest BCUT2D eigenvalue weighted by Gasteiger charge is -2.26. The average Bonchev–Trinajstić information content (AvgIpc) is 2.98. The number of nitrogens with one attached hydrogen (secondary N) is 2. The number of halogens is 2. The van der Waals surface area contributed by atoms with Crippen LogP contribution in [-0.2, 0) is 4.79 Å². The zero-order chi connectivity index (χ0) is 16.4. The van der Waals surface area contributed by atoms with E-state index in [1.54, 1.807) is 6.07 Å². The van der Waals surface area contributed by atoms with E-state index >= 15 is 0 Å². The van der Waals surface area contributed by atoms with Crippen LogP contribution in [-0.4, -0.2) is 23.5 Å². The number of aromatic nitrogens is 1. The molecule has 1 aromatic carbocycles. The zero-order valence-corrected chi connectivity index (χ0v) is 14.2. The van der Waals surface area contributed by atoms with Gasteiger partial charge >= 0.3 is 0 Å². The fourth-order valence-corrected chi connectivity index (χ4v) is 3.60. The minimum Gasteiger partial charge on any atom is -0.314 e. The Bertz CT molecular complexity index is 721. The summed E-state index contributed by atoms with van der Waals surface area (Å²) in [5.41, 5.74) is 1.40. The van der Waals surface area contributed by atoms with Crippen molar-refractivity contribution in [2.45, 2.75) is 25.8 Å². The maximum absolute atomic E-state index is 13.2. The molecule has 0 spiro atoms. The smallest absolute Gasteiger partial charge is 0.229 e. The van der Waals surface area contributed by atoms with Crippen LogP contribution in [0.4, 0.5) is 9.52 Å². The van der Waals surface area contributed by atoms with Crippen molar-refractivity contribution < 1.29 is 9.18 Å². The molecule has 0 unspecified atom stereocenters. The van der Waals surface area contributed by atoms with E-state index in [4.69, 9.17) is 11.6 Å². The second-order valence-electron chi connectivity index (χ2n) is 5.73. The lowest BCUT2D eigenvalue weighted by Crippen LogP contribution is -2.40. The average molecular weight is 354 g/mol. The molecule has 1 amide bonds. The molecule has 23 heavy (non-hydrogen) atoms. The van der Waals surface area contributed by atoms with Crippen molar-refractivity contribution in [2.24, 2.45) is 5.92 Å². The van der Waals surface area contributed by atoms with Crippen molar-refractivity contribution in [2.75, 3.05) is 11.9 Å². The molecule has 2 atom stereocenters. The molecular formula is C16H17ClFN3OS. The Morgan fingerprint density at radius 3 is 3.09 bits per heavy atom. The third-order valence-electron chi connectivity index (χ3n) is 3.94. The van der Waals surface area contributed by atoms with E-state index in [2.05, 4.69) is 22.5 Å². The van der Waals surface area contributed by atoms with Gasteiger partial charge in [0.1, 0.15) is 5.82 Å². The monoisotopic (exact) mass is 353 g/mol. The van der Waals surface area contributed by atoms with Gasteiger partial charge in [-0.2, -0.15) is 0 Å². The summed E-state index contributed by atoms with van der Waals surface area (Å²) in [5, 5.41) is 8.65. The van der Waals surface area contributed by atoms with Crippen molar-refractivity contribution in [1.82, 2.24) is 10.3 Å². The highest BCUT2D eigenvalue weighted by Crippen LogP contribution is 2.28. The topological polar surface area (TPSA) is 54.0 Å². The minimum absolute atomic E-state index is 0.0105. The maximum Gasteiger partial charge on any atom is 0.229 e. The standard InChI is InChI=1S/C16H17ClFN3OS/c1-9-6-11(4-5-19-9)15(22)21-16-20-14(8-23-16)10-2-3-13(18)12(17)7-10/h2-3,7-9,11,19H,4-6H2,1H3,(H,20,21,22)/t9-,11-/m0/s1. The van der Waals surface area contributed by atoms with Crippen LogP contribution in [0.3, 0.4) is 0 Å². The molecule has 1 aliphatic rings. The summed E-state index contributed by atoms with van der Waals surface area (Å²) in [6, 6.07) is 4.82. The summed E-state index contributed by atoms with van der Waals surface area (Å²) in [6.45, 7) is 2.94. The van der Waals surface area contributed by atoms with E-state index in [9.17, 15) is 9.18 Å². The number of hydrogen-bond acceptors (Lipinski definition) is 4. The number of carbonyl (C=O) groups is 1. The van der Waals surface area contributed by atoms with Crippen LogP contribution in [0.2, 0.25) is 5.02 Å². The first-order valence-corrected chi connectivity index (χ1v) is 8.74. The van der Waals surface area contributed by atoms with E-state index in [1.165, 1.54) is 23.5 Å². The fourth-order valence-electron chi connectivity index (χ4n) is 2.70. The molecule has 0 radical (unpaired) electrons. The molecule has 3 rings (SSSR count). The third kappa shape index (κ3) is 3.88. The fraction of sp³-hybridized carbons (Fsp3) is 0.375. The van der Waals surface area contributed by atoms with Crippen LogP contribution in [0, 0.1) is 11.7 Å². The normalized spacial score (nSPS) is 21.2. The number of benzene rings is 1. The number of amides is 1. The Balaban J connectivity index is 1.69. The molecule has 0 aliphatic carbocycles. The molecular weight excluding hydrogens is 337 g/mol. The SMILES string of the molecule is C[C@H]1C[C@@H](C(=O)Nc2nc(-c3ccc(F)c(Cl)c3)cs2)CCN1. The Morgan fingerprint density at radius 2 is 2.35 bits per heavy atom. The van der Waals surface area contributed by atoms with Crippen LogP contribution < -0.4 is 10.6 Å². The largest absolute Gasteiger partial charge is 0.314 e. The lowest BCUT2D eigenvalue weighted by molar-refractivity contribution is -0.120. The van der Waals surface area contributed by atoms with Gasteiger partial charge in [0, 0.05) is 22.9 Å². The molecule has 2 N–H and O–H groups in total. The van der Waals surface area contributed by atoms with Crippen molar-refractivity contribution in [3.8, 4) is 11.3 Å². The summed E-state index contributed by atoms with van der Waals surface area (Å²) >= 11 is 7.15. The van der Waals surface area contributed by atoms with Gasteiger partial charge < -0.3 is 10.6 Å². The highest BCUT2D eigenvalue weighted by molar-refractivity contribution is 7.14. The number of rotatable bonds is 3. The van der Waals surface area contributed by atoms with E-state index in [-0.39, 0.29) is 16.8 Å². The van der Waals surface area contributed by atoms with Crippen molar-refractivity contribution in [1.29, 1.82) is 0 Å². The summed E-state index contributed by atoms with van der Waals surface area (Å²) in [7, 11) is 0. The van der Waals surface area contributed by atoms with Gasteiger partial charge in [-0.3, -0.25) is 4.79 Å². The van der Waals surface area contributed by atoms with Crippen LogP contribution in [0.1, 0.15) is 19.8 Å². The predicted molar refractivity (Wildman–Crippen MR) is 91.3 cm³/mol. The van der Waals surface area contributed by atoms with Gasteiger partial charge in [0.25, 0.3) is 0 Å². The van der Waals surface area contributed by atoms with Crippen molar-refractivity contribution >= 4 is 34.0 Å². The molecule has 1 aromatic heterocycles. The van der Waals surface area contributed by atoms with E-state index in [0.29, 0.717) is 16.9 Å². The molecule has 7 heteroatoms. The van der Waals surface area contributed by atoms with Crippen molar-refractivity contribution in [3.63, 3.8) is 0 Å². The second kappa shape index (κ2) is 6.95. The predicted octanol–water partition coefficient (Wildman–Crippen LogP) is 3.93. The van der Waals surface area contributed by atoms with Crippen LogP contribution >= 0.6 is 22.9 Å². The van der Waals surface area contributed by atoms with Gasteiger partial charge in [0.2, 0.25) is 5.91 Å². The molecule has 4 nitrogen and oxygen atoms in total. The van der Waals surface area contributed by atoms with Gasteiger partial charge in [-0.25, -0.2) is 9.37 Å². The van der Waals surface area contributed by atoms with Gasteiger partial charge in [-0.1, -0.05) is 11.6 Å². The summed E-state index contributed by atoms with van der Waals surface area (Å²) in [6.07, 6.45) is 1.67. The summed E-state index contributed by atoms with van der Waals surface area (Å²) in [5.74, 6) is -0.436. The number of hydrogen-bond donors (Lipinski definition) is 2. The van der Waals surface area contributed by atoms with Gasteiger partial charge in [0.15, 0.2) is 5.13 Å². The summed E-state index contributed by atoms with van der Waals surface area (Å²) in [4.78, 5) is 16.7. The molecule has 0 saturated carbocycles. The highest BCUT2D eigenvalue weighted by atomic mass is 35.5. The van der Waals surface area contributed by atoms with Gasteiger partial charge in [0.05, 0.1) is 10.7 Å². The molecule has 122 valence electrons. The maximum atomic E-state index is 13.2. The van der Waals surface area contributed by atoms with Gasteiger partial charge in [-0.15, -0.1) is 11.3 Å². The van der Waals surface area contributed by atoms with E-state index < -0.39 is 5.82 Å². The molecule has 1 saturated heterocycles. The first-order valence-electron chi connectivity index (χ1n) is 7.48. The molecule has 0 bridgehead atoms. The molecule has 1 fully saturated rings. The van der Waals surface area contributed by atoms with Gasteiger partial charge in [-0.05, 0) is 44.5 Å². The quantitative estimate of drug-likeness (QED) is 0.879. The van der Waals surface area contributed by atoms with Crippen LogP contribution in [0.5, 0.6) is 0 Å². The Morgan fingerprint density at radius 1 is 1.52 bits per heavy atom. The number of piperidine rings is 1. The first-order chi connectivity index (χ1) is 11.0. The van der Waals surface area contributed by atoms with Crippen molar-refractivity contribution in [3.05, 3.63) is 34.4 Å².